The SMILES string of the molecule is CC(C)CC(=O)Oc1cn(C2CCCCCC2)c2nc(CC(C)C)n3c4ccccc4nc3c12. The van der Waals surface area contributed by atoms with Crippen molar-refractivity contribution in [2.75, 3.05) is 0 Å². The largest absolute Gasteiger partial charge is 0.424 e. The van der Waals surface area contributed by atoms with Gasteiger partial charge < -0.3 is 9.30 Å². The summed E-state index contributed by atoms with van der Waals surface area (Å²) in [5.74, 6) is 2.11. The molecule has 0 amide bonds. The number of hydrogen-bond donors (Lipinski definition) is 0. The summed E-state index contributed by atoms with van der Waals surface area (Å²) in [6.45, 7) is 8.52. The number of carbonyl (C=O) groups is 1. The Hall–Kier alpha value is -2.89. The van der Waals surface area contributed by atoms with Crippen molar-refractivity contribution in [3.05, 3.63) is 36.3 Å². The van der Waals surface area contributed by atoms with Crippen LogP contribution in [0.3, 0.4) is 0 Å². The molecule has 0 radical (unpaired) electrons. The zero-order valence-corrected chi connectivity index (χ0v) is 20.9. The first kappa shape index (κ1) is 22.9. The molecule has 5 rings (SSSR count). The standard InChI is InChI=1S/C28H36N4O2/c1-18(2)15-24-30-27-26(28-29-21-13-9-10-14-22(21)32(24)28)23(34-25(33)16-19(3)4)17-31(27)20-11-7-5-6-8-12-20/h9-10,13-14,17-20H,5-8,11-12,15-16H2,1-4H3. The van der Waals surface area contributed by atoms with E-state index in [2.05, 4.69) is 28.9 Å². The van der Waals surface area contributed by atoms with Crippen molar-refractivity contribution in [1.29, 1.82) is 0 Å². The van der Waals surface area contributed by atoms with Crippen LogP contribution in [0.2, 0.25) is 0 Å². The maximum Gasteiger partial charge on any atom is 0.311 e. The van der Waals surface area contributed by atoms with Gasteiger partial charge in [0.05, 0.1) is 11.0 Å². The van der Waals surface area contributed by atoms with Crippen molar-refractivity contribution in [2.24, 2.45) is 11.8 Å². The Morgan fingerprint density at radius 1 is 1.00 bits per heavy atom. The second kappa shape index (κ2) is 9.40. The quantitative estimate of drug-likeness (QED) is 0.232. The molecule has 180 valence electrons. The van der Waals surface area contributed by atoms with Gasteiger partial charge in [-0.2, -0.15) is 0 Å². The first-order valence-electron chi connectivity index (χ1n) is 12.9. The molecule has 0 atom stereocenters. The molecule has 3 heterocycles. The molecular formula is C28H36N4O2. The highest BCUT2D eigenvalue weighted by Gasteiger charge is 2.26. The van der Waals surface area contributed by atoms with Crippen LogP contribution in [-0.2, 0) is 11.2 Å². The predicted molar refractivity (Wildman–Crippen MR) is 136 cm³/mol. The van der Waals surface area contributed by atoms with E-state index in [0.717, 1.165) is 52.8 Å². The summed E-state index contributed by atoms with van der Waals surface area (Å²) in [5, 5.41) is 0.852. The first-order chi connectivity index (χ1) is 16.4. The molecule has 1 saturated carbocycles. The van der Waals surface area contributed by atoms with E-state index >= 15 is 0 Å². The summed E-state index contributed by atoms with van der Waals surface area (Å²) in [7, 11) is 0. The molecule has 0 N–H and O–H groups in total. The summed E-state index contributed by atoms with van der Waals surface area (Å²) < 4.78 is 10.5. The smallest absolute Gasteiger partial charge is 0.311 e. The van der Waals surface area contributed by atoms with E-state index in [9.17, 15) is 4.79 Å². The molecule has 1 aromatic carbocycles. The Morgan fingerprint density at radius 3 is 2.44 bits per heavy atom. The zero-order valence-electron chi connectivity index (χ0n) is 20.9. The van der Waals surface area contributed by atoms with Crippen LogP contribution < -0.4 is 4.74 Å². The molecule has 6 nitrogen and oxygen atoms in total. The van der Waals surface area contributed by atoms with E-state index in [1.54, 1.807) is 0 Å². The number of rotatable bonds is 6. The molecule has 1 aliphatic rings. The number of benzene rings is 1. The van der Waals surface area contributed by atoms with Crippen molar-refractivity contribution < 1.29 is 9.53 Å². The fourth-order valence-electron chi connectivity index (χ4n) is 5.33. The van der Waals surface area contributed by atoms with Crippen molar-refractivity contribution in [2.45, 2.75) is 85.1 Å². The van der Waals surface area contributed by atoms with E-state index < -0.39 is 0 Å². The molecule has 0 aliphatic heterocycles. The molecule has 1 aliphatic carbocycles. The lowest BCUT2D eigenvalue weighted by Gasteiger charge is -2.18. The number of esters is 1. The van der Waals surface area contributed by atoms with Crippen LogP contribution in [0.4, 0.5) is 0 Å². The van der Waals surface area contributed by atoms with Crippen LogP contribution in [0, 0.1) is 11.8 Å². The van der Waals surface area contributed by atoms with Gasteiger partial charge in [-0.25, -0.2) is 9.97 Å². The minimum absolute atomic E-state index is 0.199. The Morgan fingerprint density at radius 2 is 1.74 bits per heavy atom. The molecule has 0 saturated heterocycles. The van der Waals surface area contributed by atoms with E-state index in [1.165, 1.54) is 25.7 Å². The highest BCUT2D eigenvalue weighted by Crippen LogP contribution is 2.38. The highest BCUT2D eigenvalue weighted by molar-refractivity contribution is 6.01. The minimum atomic E-state index is -0.199. The zero-order chi connectivity index (χ0) is 23.8. The Kier molecular flexibility index (Phi) is 6.32. The summed E-state index contributed by atoms with van der Waals surface area (Å²) in [4.78, 5) is 23.0. The number of hydrogen-bond acceptors (Lipinski definition) is 4. The average molecular weight is 461 g/mol. The number of nitrogens with zero attached hydrogens (tertiary/aromatic N) is 4. The number of imidazole rings is 1. The van der Waals surface area contributed by atoms with Gasteiger partial charge in [0.2, 0.25) is 0 Å². The Labute approximate surface area is 201 Å². The van der Waals surface area contributed by atoms with E-state index in [-0.39, 0.29) is 11.9 Å². The first-order valence-corrected chi connectivity index (χ1v) is 12.9. The second-order valence-electron chi connectivity index (χ2n) is 10.7. The average Bonchev–Trinajstić information content (AvgIpc) is 3.19. The lowest BCUT2D eigenvalue weighted by molar-refractivity contribution is -0.135. The van der Waals surface area contributed by atoms with Crippen molar-refractivity contribution in [3.8, 4) is 5.75 Å². The van der Waals surface area contributed by atoms with Gasteiger partial charge in [-0.15, -0.1) is 0 Å². The van der Waals surface area contributed by atoms with Crippen LogP contribution in [0.5, 0.6) is 5.75 Å². The van der Waals surface area contributed by atoms with Crippen LogP contribution in [-0.4, -0.2) is 24.9 Å². The summed E-state index contributed by atoms with van der Waals surface area (Å²) in [6, 6.07) is 8.57. The van der Waals surface area contributed by atoms with Crippen molar-refractivity contribution >= 4 is 33.7 Å². The molecular weight excluding hydrogens is 424 g/mol. The third-order valence-electron chi connectivity index (χ3n) is 6.86. The Balaban J connectivity index is 1.78. The van der Waals surface area contributed by atoms with Crippen LogP contribution in [0.1, 0.15) is 84.5 Å². The topological polar surface area (TPSA) is 61.4 Å². The van der Waals surface area contributed by atoms with Gasteiger partial charge in [0.15, 0.2) is 11.4 Å². The van der Waals surface area contributed by atoms with Crippen molar-refractivity contribution in [1.82, 2.24) is 18.9 Å². The fourth-order valence-corrected chi connectivity index (χ4v) is 5.33. The number of para-hydroxylation sites is 2. The van der Waals surface area contributed by atoms with Crippen molar-refractivity contribution in [3.63, 3.8) is 0 Å². The Bertz CT molecular complexity index is 1320. The predicted octanol–water partition coefficient (Wildman–Crippen LogP) is 6.88. The lowest BCUT2D eigenvalue weighted by atomic mass is 10.1. The highest BCUT2D eigenvalue weighted by atomic mass is 16.5. The third-order valence-corrected chi connectivity index (χ3v) is 6.86. The second-order valence-corrected chi connectivity index (χ2v) is 10.7. The van der Waals surface area contributed by atoms with E-state index in [0.29, 0.717) is 24.1 Å². The molecule has 4 aromatic rings. The van der Waals surface area contributed by atoms with Gasteiger partial charge in [-0.3, -0.25) is 9.20 Å². The van der Waals surface area contributed by atoms with Crippen LogP contribution in [0.25, 0.3) is 27.7 Å². The van der Waals surface area contributed by atoms with Gasteiger partial charge in [0.1, 0.15) is 16.9 Å². The lowest BCUT2D eigenvalue weighted by Crippen LogP contribution is -2.11. The van der Waals surface area contributed by atoms with E-state index in [1.807, 2.05) is 38.2 Å². The molecule has 0 bridgehead atoms. The minimum Gasteiger partial charge on any atom is -0.424 e. The molecule has 3 aromatic heterocycles. The fraction of sp³-hybridized carbons (Fsp3) is 0.536. The van der Waals surface area contributed by atoms with Gasteiger partial charge in [0.25, 0.3) is 0 Å². The number of ether oxygens (including phenoxy) is 1. The van der Waals surface area contributed by atoms with Gasteiger partial charge in [-0.05, 0) is 36.8 Å². The van der Waals surface area contributed by atoms with Gasteiger partial charge in [-0.1, -0.05) is 65.5 Å². The monoisotopic (exact) mass is 460 g/mol. The van der Waals surface area contributed by atoms with Crippen LogP contribution >= 0.6 is 0 Å². The molecule has 34 heavy (non-hydrogen) atoms. The summed E-state index contributed by atoms with van der Waals surface area (Å²) in [6.07, 6.45) is 10.6. The summed E-state index contributed by atoms with van der Waals surface area (Å²) in [5.41, 5.74) is 3.71. The molecule has 1 fully saturated rings. The molecule has 0 unspecified atom stereocenters. The maximum absolute atomic E-state index is 12.7. The van der Waals surface area contributed by atoms with E-state index in [4.69, 9.17) is 14.7 Å². The van der Waals surface area contributed by atoms with Crippen LogP contribution in [0.15, 0.2) is 30.5 Å². The summed E-state index contributed by atoms with van der Waals surface area (Å²) >= 11 is 0. The number of fused-ring (bicyclic) bond motifs is 5. The maximum atomic E-state index is 12.7. The molecule has 0 spiro atoms. The normalized spacial score (nSPS) is 15.7. The number of aromatic nitrogens is 4. The van der Waals surface area contributed by atoms with Gasteiger partial charge in [0, 0.05) is 25.1 Å². The van der Waals surface area contributed by atoms with Gasteiger partial charge >= 0.3 is 5.97 Å². The number of carbonyl (C=O) groups excluding carboxylic acids is 1. The molecule has 6 heteroatoms. The third kappa shape index (κ3) is 4.30.